The van der Waals surface area contributed by atoms with Gasteiger partial charge in [-0.2, -0.15) is 0 Å². The summed E-state index contributed by atoms with van der Waals surface area (Å²) >= 11 is 0.918. The van der Waals surface area contributed by atoms with E-state index in [1.165, 1.54) is 0 Å². The number of likely N-dealkylation sites (tertiary alicyclic amines) is 1. The van der Waals surface area contributed by atoms with E-state index >= 15 is 0 Å². The van der Waals surface area contributed by atoms with Crippen LogP contribution in [0.1, 0.15) is 30.2 Å². The first kappa shape index (κ1) is 20.7. The van der Waals surface area contributed by atoms with Crippen molar-refractivity contribution in [3.05, 3.63) is 33.5 Å². The molecule has 1 aliphatic rings. The van der Waals surface area contributed by atoms with Crippen molar-refractivity contribution in [1.82, 2.24) is 9.88 Å². The van der Waals surface area contributed by atoms with Crippen molar-refractivity contribution in [1.29, 1.82) is 0 Å². The van der Waals surface area contributed by atoms with Gasteiger partial charge in [-0.1, -0.05) is 11.3 Å². The summed E-state index contributed by atoms with van der Waals surface area (Å²) in [5, 5.41) is 14.6. The first-order chi connectivity index (χ1) is 13.1. The molecule has 0 aliphatic carbocycles. The summed E-state index contributed by atoms with van der Waals surface area (Å²) in [7, 11) is -3.47. The van der Waals surface area contributed by atoms with Gasteiger partial charge >= 0.3 is 5.69 Å². The quantitative estimate of drug-likeness (QED) is 0.528. The normalized spacial score (nSPS) is 16.4. The van der Waals surface area contributed by atoms with Gasteiger partial charge in [0, 0.05) is 18.9 Å². The van der Waals surface area contributed by atoms with Crippen LogP contribution in [0, 0.1) is 29.9 Å². The molecule has 0 amide bonds. The predicted molar refractivity (Wildman–Crippen MR) is 107 cm³/mol. The third kappa shape index (κ3) is 4.89. The monoisotopic (exact) mass is 428 g/mol. The molecule has 28 heavy (non-hydrogen) atoms. The summed E-state index contributed by atoms with van der Waals surface area (Å²) in [5.74, 6) is 1.95. The smallest absolute Gasteiger partial charge is 0.304 e. The second-order valence-corrected chi connectivity index (χ2v) is 10.5. The minimum atomic E-state index is -3.47. The van der Waals surface area contributed by atoms with Crippen molar-refractivity contribution in [2.45, 2.75) is 37.4 Å². The van der Waals surface area contributed by atoms with Crippen molar-refractivity contribution in [3.8, 4) is 0 Å². The Morgan fingerprint density at radius 2 is 2.07 bits per heavy atom. The highest BCUT2D eigenvalue weighted by atomic mass is 32.2. The molecule has 9 nitrogen and oxygen atoms in total. The topological polar surface area (TPSA) is 119 Å². The van der Waals surface area contributed by atoms with Crippen LogP contribution in [0.15, 0.2) is 14.7 Å². The van der Waals surface area contributed by atoms with Crippen molar-refractivity contribution in [2.75, 3.05) is 31.2 Å². The lowest BCUT2D eigenvalue weighted by molar-refractivity contribution is -0.383. The number of sulfone groups is 1. The fourth-order valence-corrected chi connectivity index (χ4v) is 5.13. The summed E-state index contributed by atoms with van der Waals surface area (Å²) in [6.07, 6.45) is 2.95. The molecule has 2 aromatic rings. The molecule has 0 aromatic carbocycles. The summed E-state index contributed by atoms with van der Waals surface area (Å²) in [5.41, 5.74) is 0.734. The highest BCUT2D eigenvalue weighted by Gasteiger charge is 2.25. The number of hydrogen-bond acceptors (Lipinski definition) is 9. The first-order valence-electron chi connectivity index (χ1n) is 9.01. The van der Waals surface area contributed by atoms with Crippen LogP contribution >= 0.6 is 11.3 Å². The van der Waals surface area contributed by atoms with E-state index < -0.39 is 14.8 Å². The molecule has 1 N–H and O–H groups in total. The van der Waals surface area contributed by atoms with E-state index in [1.807, 2.05) is 13.8 Å². The number of piperidine rings is 1. The number of nitrogens with one attached hydrogen (secondary N) is 1. The summed E-state index contributed by atoms with van der Waals surface area (Å²) in [6.45, 7) is 6.89. The van der Waals surface area contributed by atoms with Crippen LogP contribution in [0.5, 0.6) is 0 Å². The lowest BCUT2D eigenvalue weighted by Gasteiger charge is -2.31. The number of aryl methyl sites for hydroxylation is 2. The second-order valence-electron chi connectivity index (χ2n) is 7.16. The molecular weight excluding hydrogens is 404 g/mol. The number of hydrogen-bond donors (Lipinski definition) is 1. The average molecular weight is 429 g/mol. The molecule has 0 atom stereocenters. The van der Waals surface area contributed by atoms with Crippen LogP contribution in [-0.4, -0.2) is 49.1 Å². The van der Waals surface area contributed by atoms with Gasteiger partial charge in [0.2, 0.25) is 5.89 Å². The van der Waals surface area contributed by atoms with Gasteiger partial charge in [-0.05, 0) is 45.7 Å². The van der Waals surface area contributed by atoms with Gasteiger partial charge in [0.15, 0.2) is 14.8 Å². The fourth-order valence-electron chi connectivity index (χ4n) is 3.19. The van der Waals surface area contributed by atoms with Crippen molar-refractivity contribution in [3.63, 3.8) is 0 Å². The van der Waals surface area contributed by atoms with E-state index in [1.54, 1.807) is 0 Å². The largest absolute Gasteiger partial charge is 0.444 e. The standard InChI is InChI=1S/C17H24N4O5S2/c1-11-12(2)26-15(19-11)10-20-6-4-13(5-7-20)9-18-17-14(21(22)23)8-16(27-17)28(3,24)25/h8,13,18H,4-7,9-10H2,1-3H3. The molecule has 0 spiro atoms. The molecule has 0 radical (unpaired) electrons. The maximum absolute atomic E-state index is 11.7. The number of rotatable bonds is 7. The molecule has 1 aliphatic heterocycles. The van der Waals surface area contributed by atoms with Crippen LogP contribution in [0.3, 0.4) is 0 Å². The van der Waals surface area contributed by atoms with Gasteiger partial charge < -0.3 is 9.73 Å². The number of nitrogens with zero attached hydrogens (tertiary/aromatic N) is 3. The number of aromatic nitrogens is 1. The van der Waals surface area contributed by atoms with Gasteiger partial charge in [-0.25, -0.2) is 13.4 Å². The summed E-state index contributed by atoms with van der Waals surface area (Å²) in [6, 6.07) is 1.13. The zero-order chi connectivity index (χ0) is 20.5. The Hall–Kier alpha value is -1.98. The van der Waals surface area contributed by atoms with E-state index in [9.17, 15) is 18.5 Å². The molecule has 3 heterocycles. The fraction of sp³-hybridized carbons (Fsp3) is 0.588. The molecule has 0 unspecified atom stereocenters. The lowest BCUT2D eigenvalue weighted by Crippen LogP contribution is -2.35. The van der Waals surface area contributed by atoms with E-state index in [-0.39, 0.29) is 9.90 Å². The molecule has 3 rings (SSSR count). The molecule has 1 saturated heterocycles. The third-order valence-corrected chi connectivity index (χ3v) is 7.83. The lowest BCUT2D eigenvalue weighted by atomic mass is 9.97. The minimum absolute atomic E-state index is 0.00746. The zero-order valence-corrected chi connectivity index (χ0v) is 17.7. The van der Waals surface area contributed by atoms with Crippen molar-refractivity contribution >= 4 is 31.9 Å². The van der Waals surface area contributed by atoms with Crippen molar-refractivity contribution < 1.29 is 17.8 Å². The van der Waals surface area contributed by atoms with Crippen LogP contribution in [0.25, 0.3) is 0 Å². The van der Waals surface area contributed by atoms with Crippen LogP contribution in [0.4, 0.5) is 10.7 Å². The van der Waals surface area contributed by atoms with E-state index in [2.05, 4.69) is 15.2 Å². The summed E-state index contributed by atoms with van der Waals surface area (Å²) in [4.78, 5) is 17.4. The van der Waals surface area contributed by atoms with Crippen LogP contribution in [0.2, 0.25) is 0 Å². The van der Waals surface area contributed by atoms with Crippen LogP contribution < -0.4 is 5.32 Å². The Kier molecular flexibility index (Phi) is 6.06. The number of nitro groups is 1. The Balaban J connectivity index is 1.54. The van der Waals surface area contributed by atoms with Crippen molar-refractivity contribution in [2.24, 2.45) is 5.92 Å². The first-order valence-corrected chi connectivity index (χ1v) is 11.7. The van der Waals surface area contributed by atoms with Gasteiger partial charge in [0.05, 0.1) is 17.2 Å². The van der Waals surface area contributed by atoms with Gasteiger partial charge in [-0.15, -0.1) is 0 Å². The Morgan fingerprint density at radius 1 is 1.39 bits per heavy atom. The maximum atomic E-state index is 11.7. The Bertz CT molecular complexity index is 939. The molecule has 0 saturated carbocycles. The Morgan fingerprint density at radius 3 is 2.61 bits per heavy atom. The predicted octanol–water partition coefficient (Wildman–Crippen LogP) is 2.99. The third-order valence-electron chi connectivity index (χ3n) is 4.94. The highest BCUT2D eigenvalue weighted by molar-refractivity contribution is 7.92. The van der Waals surface area contributed by atoms with E-state index in [4.69, 9.17) is 4.42 Å². The minimum Gasteiger partial charge on any atom is -0.444 e. The molecule has 0 bridgehead atoms. The number of thiophene rings is 1. The molecule has 11 heteroatoms. The van der Waals surface area contributed by atoms with Gasteiger partial charge in [-0.3, -0.25) is 15.0 Å². The molecular formula is C17H24N4O5S2. The summed E-state index contributed by atoms with van der Waals surface area (Å²) < 4.78 is 29.0. The molecule has 2 aromatic heterocycles. The maximum Gasteiger partial charge on any atom is 0.304 e. The number of anilines is 1. The van der Waals surface area contributed by atoms with E-state index in [0.29, 0.717) is 24.0 Å². The second kappa shape index (κ2) is 8.18. The Labute approximate surface area is 167 Å². The van der Waals surface area contributed by atoms with Gasteiger partial charge in [0.25, 0.3) is 0 Å². The molecule has 154 valence electrons. The number of oxazole rings is 1. The SMILES string of the molecule is Cc1nc(CN2CCC(CNc3sc(S(C)(=O)=O)cc3[N+](=O)[O-])CC2)oc1C. The average Bonchev–Trinajstić information content (AvgIpc) is 3.18. The highest BCUT2D eigenvalue weighted by Crippen LogP contribution is 2.37. The molecule has 1 fully saturated rings. The zero-order valence-electron chi connectivity index (χ0n) is 16.1. The van der Waals surface area contributed by atoms with Crippen LogP contribution in [-0.2, 0) is 16.4 Å². The van der Waals surface area contributed by atoms with Gasteiger partial charge in [0.1, 0.15) is 9.97 Å². The van der Waals surface area contributed by atoms with E-state index in [0.717, 1.165) is 66.9 Å².